The predicted octanol–water partition coefficient (Wildman–Crippen LogP) is 4.08. The molecule has 1 unspecified atom stereocenters. The molecule has 1 atom stereocenters. The molecule has 0 bridgehead atoms. The van der Waals surface area contributed by atoms with Crippen LogP contribution < -0.4 is 5.32 Å². The van der Waals surface area contributed by atoms with Crippen LogP contribution in [-0.2, 0) is 0 Å². The molecule has 0 heterocycles. The largest absolute Gasteiger partial charge is 0.313 e. The summed E-state index contributed by atoms with van der Waals surface area (Å²) in [6.45, 7) is 10.3. The van der Waals surface area contributed by atoms with E-state index in [0.717, 1.165) is 6.54 Å². The van der Waals surface area contributed by atoms with Gasteiger partial charge in [0.05, 0.1) is 0 Å². The van der Waals surface area contributed by atoms with Gasteiger partial charge in [-0.1, -0.05) is 32.6 Å². The monoisotopic (exact) mass is 231 g/mol. The van der Waals surface area contributed by atoms with Gasteiger partial charge < -0.3 is 5.32 Å². The Morgan fingerprint density at radius 3 is 2.40 bits per heavy atom. The molecule has 1 N–H and O–H groups in total. The molecule has 0 aromatic rings. The van der Waals surface area contributed by atoms with Gasteiger partial charge in [0.15, 0.2) is 0 Å². The molecule has 15 heavy (non-hydrogen) atoms. The summed E-state index contributed by atoms with van der Waals surface area (Å²) in [4.78, 5) is 0. The van der Waals surface area contributed by atoms with Gasteiger partial charge in [0, 0.05) is 17.3 Å². The van der Waals surface area contributed by atoms with Crippen LogP contribution >= 0.6 is 11.8 Å². The number of hydrogen-bond acceptors (Lipinski definition) is 2. The highest BCUT2D eigenvalue weighted by atomic mass is 32.2. The third-order valence-corrected chi connectivity index (χ3v) is 4.17. The number of nitrogens with one attached hydrogen (secondary N) is 1. The average molecular weight is 231 g/mol. The summed E-state index contributed by atoms with van der Waals surface area (Å²) >= 11 is 1.94. The zero-order valence-corrected chi connectivity index (χ0v) is 12.0. The van der Waals surface area contributed by atoms with Crippen molar-refractivity contribution in [3.8, 4) is 0 Å². The lowest BCUT2D eigenvalue weighted by Crippen LogP contribution is -2.37. The highest BCUT2D eigenvalue weighted by Gasteiger charge is 2.16. The summed E-state index contributed by atoms with van der Waals surface area (Å²) in [7, 11) is 0. The second-order valence-electron chi connectivity index (χ2n) is 5.10. The van der Waals surface area contributed by atoms with Gasteiger partial charge in [0.25, 0.3) is 0 Å². The zero-order chi connectivity index (χ0) is 11.7. The molecule has 0 spiro atoms. The van der Waals surface area contributed by atoms with Crippen LogP contribution in [0.25, 0.3) is 0 Å². The number of rotatable bonds is 9. The zero-order valence-electron chi connectivity index (χ0n) is 11.2. The summed E-state index contributed by atoms with van der Waals surface area (Å²) in [5, 5.41) is 3.63. The Balaban J connectivity index is 3.44. The number of hydrogen-bond donors (Lipinski definition) is 1. The first-order chi connectivity index (χ1) is 7.02. The predicted molar refractivity (Wildman–Crippen MR) is 73.8 cm³/mol. The van der Waals surface area contributed by atoms with Crippen molar-refractivity contribution in [2.45, 2.75) is 70.6 Å². The fourth-order valence-electron chi connectivity index (χ4n) is 1.47. The molecule has 0 aliphatic heterocycles. The van der Waals surface area contributed by atoms with E-state index in [1.807, 2.05) is 11.8 Å². The number of unbranched alkanes of at least 4 members (excludes halogenated alkanes) is 3. The second kappa shape index (κ2) is 8.46. The molecule has 0 saturated heterocycles. The standard InChI is InChI=1S/C13H29NS/c1-6-7-8-9-10-12(2)14-11-13(3,4)15-5/h12,14H,6-11H2,1-5H3. The highest BCUT2D eigenvalue weighted by Crippen LogP contribution is 2.20. The molecular formula is C13H29NS. The van der Waals surface area contributed by atoms with E-state index >= 15 is 0 Å². The van der Waals surface area contributed by atoms with E-state index in [1.54, 1.807) is 0 Å². The van der Waals surface area contributed by atoms with E-state index < -0.39 is 0 Å². The first-order valence-electron chi connectivity index (χ1n) is 6.30. The Morgan fingerprint density at radius 1 is 1.20 bits per heavy atom. The molecule has 0 aliphatic rings. The van der Waals surface area contributed by atoms with Crippen LogP contribution in [0.2, 0.25) is 0 Å². The third-order valence-electron chi connectivity index (χ3n) is 2.92. The normalized spacial score (nSPS) is 14.2. The maximum atomic E-state index is 3.63. The molecule has 0 rings (SSSR count). The first-order valence-corrected chi connectivity index (χ1v) is 7.53. The van der Waals surface area contributed by atoms with Gasteiger partial charge in [0.1, 0.15) is 0 Å². The van der Waals surface area contributed by atoms with Crippen LogP contribution in [0, 0.1) is 0 Å². The molecule has 0 aliphatic carbocycles. The van der Waals surface area contributed by atoms with Gasteiger partial charge >= 0.3 is 0 Å². The van der Waals surface area contributed by atoms with Gasteiger partial charge in [0.2, 0.25) is 0 Å². The van der Waals surface area contributed by atoms with Crippen molar-refractivity contribution >= 4 is 11.8 Å². The molecule has 1 nitrogen and oxygen atoms in total. The Bertz CT molecular complexity index is 145. The maximum absolute atomic E-state index is 3.63. The minimum atomic E-state index is 0.373. The molecule has 0 saturated carbocycles. The van der Waals surface area contributed by atoms with Gasteiger partial charge in [-0.25, -0.2) is 0 Å². The van der Waals surface area contributed by atoms with Crippen molar-refractivity contribution in [3.05, 3.63) is 0 Å². The summed E-state index contributed by atoms with van der Waals surface area (Å²) in [5.41, 5.74) is 0. The molecule has 0 aromatic carbocycles. The fraction of sp³-hybridized carbons (Fsp3) is 1.00. The van der Waals surface area contributed by atoms with Crippen LogP contribution in [0.3, 0.4) is 0 Å². The van der Waals surface area contributed by atoms with Crippen molar-refractivity contribution in [1.29, 1.82) is 0 Å². The third kappa shape index (κ3) is 9.25. The van der Waals surface area contributed by atoms with Gasteiger partial charge in [-0.15, -0.1) is 0 Å². The van der Waals surface area contributed by atoms with E-state index in [-0.39, 0.29) is 0 Å². The fourth-order valence-corrected chi connectivity index (χ4v) is 1.70. The molecule has 92 valence electrons. The Hall–Kier alpha value is 0.310. The number of thioether (sulfide) groups is 1. The van der Waals surface area contributed by atoms with Crippen molar-refractivity contribution in [3.63, 3.8) is 0 Å². The van der Waals surface area contributed by atoms with E-state index in [9.17, 15) is 0 Å². The molecule has 0 aromatic heterocycles. The lowest BCUT2D eigenvalue weighted by Gasteiger charge is -2.25. The van der Waals surface area contributed by atoms with Crippen molar-refractivity contribution < 1.29 is 0 Å². The van der Waals surface area contributed by atoms with Crippen molar-refractivity contribution in [2.75, 3.05) is 12.8 Å². The van der Waals surface area contributed by atoms with Crippen LogP contribution in [0.15, 0.2) is 0 Å². The lowest BCUT2D eigenvalue weighted by molar-refractivity contribution is 0.461. The van der Waals surface area contributed by atoms with Crippen LogP contribution in [0.5, 0.6) is 0 Å². The first kappa shape index (κ1) is 15.3. The summed E-state index contributed by atoms with van der Waals surface area (Å²) in [6, 6.07) is 0.674. The SMILES string of the molecule is CCCCCCC(C)NCC(C)(C)SC. The van der Waals surface area contributed by atoms with Crippen LogP contribution in [0.4, 0.5) is 0 Å². The summed E-state index contributed by atoms with van der Waals surface area (Å²) in [5.74, 6) is 0. The quantitative estimate of drug-likeness (QED) is 0.600. The lowest BCUT2D eigenvalue weighted by atomic mass is 10.1. The van der Waals surface area contributed by atoms with E-state index in [1.165, 1.54) is 32.1 Å². The molecule has 2 heteroatoms. The van der Waals surface area contributed by atoms with E-state index in [4.69, 9.17) is 0 Å². The Labute approximate surface area is 101 Å². The van der Waals surface area contributed by atoms with E-state index in [0.29, 0.717) is 10.8 Å². The molecule has 0 fully saturated rings. The average Bonchev–Trinajstić information content (AvgIpc) is 2.22. The van der Waals surface area contributed by atoms with Crippen molar-refractivity contribution in [1.82, 2.24) is 5.32 Å². The van der Waals surface area contributed by atoms with Crippen LogP contribution in [-0.4, -0.2) is 23.6 Å². The highest BCUT2D eigenvalue weighted by molar-refractivity contribution is 7.99. The van der Waals surface area contributed by atoms with E-state index in [2.05, 4.69) is 39.3 Å². The second-order valence-corrected chi connectivity index (χ2v) is 6.61. The summed E-state index contributed by atoms with van der Waals surface area (Å²) in [6.07, 6.45) is 9.01. The minimum Gasteiger partial charge on any atom is -0.313 e. The van der Waals surface area contributed by atoms with Gasteiger partial charge in [-0.3, -0.25) is 0 Å². The maximum Gasteiger partial charge on any atom is 0.0225 e. The molecule has 0 amide bonds. The van der Waals surface area contributed by atoms with Crippen LogP contribution in [0.1, 0.15) is 59.8 Å². The molecular weight excluding hydrogens is 202 g/mol. The smallest absolute Gasteiger partial charge is 0.0225 e. The van der Waals surface area contributed by atoms with Crippen molar-refractivity contribution in [2.24, 2.45) is 0 Å². The Kier molecular flexibility index (Phi) is 8.64. The summed E-state index contributed by atoms with van der Waals surface area (Å²) < 4.78 is 0.373. The topological polar surface area (TPSA) is 12.0 Å². The molecule has 0 radical (unpaired) electrons. The van der Waals surface area contributed by atoms with Gasteiger partial charge in [-0.05, 0) is 33.4 Å². The Morgan fingerprint density at radius 2 is 1.87 bits per heavy atom. The van der Waals surface area contributed by atoms with Gasteiger partial charge in [-0.2, -0.15) is 11.8 Å². The minimum absolute atomic E-state index is 0.373.